The van der Waals surface area contributed by atoms with Crippen molar-refractivity contribution >= 4 is 17.7 Å². The summed E-state index contributed by atoms with van der Waals surface area (Å²) >= 11 is 0. The van der Waals surface area contributed by atoms with Gasteiger partial charge in [0.15, 0.2) is 18.1 Å². The Labute approximate surface area is 161 Å². The summed E-state index contributed by atoms with van der Waals surface area (Å²) in [7, 11) is 1.28. The molecular weight excluding hydrogens is 403 g/mol. The molecule has 0 bridgehead atoms. The fraction of sp³-hybridized carbons (Fsp3) is 0.222. The van der Waals surface area contributed by atoms with E-state index in [0.717, 1.165) is 12.3 Å². The first kappa shape index (κ1) is 21.9. The van der Waals surface area contributed by atoms with Crippen LogP contribution in [0.2, 0.25) is 0 Å². The third-order valence-electron chi connectivity index (χ3n) is 3.22. The second-order valence-corrected chi connectivity index (χ2v) is 5.40. The summed E-state index contributed by atoms with van der Waals surface area (Å²) in [6.45, 7) is -4.48. The minimum atomic E-state index is -4.48. The van der Waals surface area contributed by atoms with Gasteiger partial charge < -0.3 is 19.5 Å². The Morgan fingerprint density at radius 2 is 1.97 bits per heavy atom. The summed E-state index contributed by atoms with van der Waals surface area (Å²) in [5.41, 5.74) is 0.713. The SMILES string of the molecule is COc1cc(/C=C/C(=O)Nc2ccc(OCC(F)(F)F)nc2)ccc1OC(F)F. The first-order chi connectivity index (χ1) is 13.7. The van der Waals surface area contributed by atoms with Gasteiger partial charge in [-0.3, -0.25) is 4.79 Å². The summed E-state index contributed by atoms with van der Waals surface area (Å²) in [6, 6.07) is 6.61. The lowest BCUT2D eigenvalue weighted by atomic mass is 10.2. The number of aromatic nitrogens is 1. The maximum absolute atomic E-state index is 12.3. The first-order valence-corrected chi connectivity index (χ1v) is 7.94. The smallest absolute Gasteiger partial charge is 0.422 e. The number of hydrogen-bond donors (Lipinski definition) is 1. The molecule has 0 radical (unpaired) electrons. The van der Waals surface area contributed by atoms with Crippen LogP contribution in [0.4, 0.5) is 27.6 Å². The number of hydrogen-bond acceptors (Lipinski definition) is 5. The Morgan fingerprint density at radius 1 is 1.21 bits per heavy atom. The van der Waals surface area contributed by atoms with Crippen LogP contribution in [0.3, 0.4) is 0 Å². The summed E-state index contributed by atoms with van der Waals surface area (Å²) in [6.07, 6.45) is -0.780. The topological polar surface area (TPSA) is 69.7 Å². The lowest BCUT2D eigenvalue weighted by Crippen LogP contribution is -2.19. The van der Waals surface area contributed by atoms with Crippen molar-refractivity contribution in [1.29, 1.82) is 0 Å². The molecule has 0 aliphatic carbocycles. The summed E-state index contributed by atoms with van der Waals surface area (Å²) in [5, 5.41) is 2.46. The van der Waals surface area contributed by atoms with E-state index in [4.69, 9.17) is 4.74 Å². The van der Waals surface area contributed by atoms with E-state index in [-0.39, 0.29) is 23.1 Å². The van der Waals surface area contributed by atoms with Crippen LogP contribution in [0.25, 0.3) is 6.08 Å². The first-order valence-electron chi connectivity index (χ1n) is 7.94. The Hall–Kier alpha value is -3.37. The lowest BCUT2D eigenvalue weighted by Gasteiger charge is -2.10. The molecule has 2 aromatic rings. The lowest BCUT2D eigenvalue weighted by molar-refractivity contribution is -0.154. The average Bonchev–Trinajstić information content (AvgIpc) is 2.65. The highest BCUT2D eigenvalue weighted by atomic mass is 19.4. The molecule has 1 heterocycles. The quantitative estimate of drug-likeness (QED) is 0.512. The van der Waals surface area contributed by atoms with Gasteiger partial charge in [0.25, 0.3) is 0 Å². The number of anilines is 1. The number of ether oxygens (including phenoxy) is 3. The predicted octanol–water partition coefficient (Wildman–Crippen LogP) is 4.28. The van der Waals surface area contributed by atoms with Gasteiger partial charge in [0, 0.05) is 12.1 Å². The number of amides is 1. The van der Waals surface area contributed by atoms with Crippen molar-refractivity contribution in [3.8, 4) is 17.4 Å². The molecule has 0 atom stereocenters. The molecular formula is C18H15F5N2O4. The summed E-state index contributed by atoms with van der Waals surface area (Å²) in [4.78, 5) is 15.6. The van der Waals surface area contributed by atoms with E-state index in [2.05, 4.69) is 19.8 Å². The van der Waals surface area contributed by atoms with Crippen molar-refractivity contribution in [3.05, 3.63) is 48.2 Å². The van der Waals surface area contributed by atoms with Crippen molar-refractivity contribution in [1.82, 2.24) is 4.98 Å². The van der Waals surface area contributed by atoms with Gasteiger partial charge >= 0.3 is 12.8 Å². The van der Waals surface area contributed by atoms with Crippen molar-refractivity contribution in [3.63, 3.8) is 0 Å². The Kier molecular flexibility index (Phi) is 7.34. The maximum Gasteiger partial charge on any atom is 0.422 e. The molecule has 0 saturated carbocycles. The number of nitrogens with one attached hydrogen (secondary N) is 1. The molecule has 0 aliphatic heterocycles. The number of halogens is 5. The van der Waals surface area contributed by atoms with Crippen molar-refractivity contribution in [2.24, 2.45) is 0 Å². The van der Waals surface area contributed by atoms with Gasteiger partial charge in [0.05, 0.1) is 19.0 Å². The zero-order chi connectivity index (χ0) is 21.4. The molecule has 156 valence electrons. The normalized spacial score (nSPS) is 11.6. The Balaban J connectivity index is 1.95. The molecule has 1 N–H and O–H groups in total. The van der Waals surface area contributed by atoms with Crippen LogP contribution in [-0.2, 0) is 4.79 Å². The van der Waals surface area contributed by atoms with E-state index in [0.29, 0.717) is 5.56 Å². The number of methoxy groups -OCH3 is 1. The van der Waals surface area contributed by atoms with Gasteiger partial charge in [-0.15, -0.1) is 0 Å². The van der Waals surface area contributed by atoms with E-state index in [1.54, 1.807) is 0 Å². The van der Waals surface area contributed by atoms with E-state index >= 15 is 0 Å². The Morgan fingerprint density at radius 3 is 2.55 bits per heavy atom. The second-order valence-electron chi connectivity index (χ2n) is 5.40. The van der Waals surface area contributed by atoms with Crippen molar-refractivity contribution in [2.45, 2.75) is 12.8 Å². The van der Waals surface area contributed by atoms with Gasteiger partial charge in [-0.1, -0.05) is 6.07 Å². The van der Waals surface area contributed by atoms with Crippen LogP contribution in [0.1, 0.15) is 5.56 Å². The maximum atomic E-state index is 12.3. The highest BCUT2D eigenvalue weighted by Gasteiger charge is 2.28. The molecule has 0 spiro atoms. The van der Waals surface area contributed by atoms with Crippen molar-refractivity contribution < 1.29 is 41.0 Å². The van der Waals surface area contributed by atoms with Gasteiger partial charge in [0.1, 0.15) is 0 Å². The van der Waals surface area contributed by atoms with Gasteiger partial charge in [-0.25, -0.2) is 4.98 Å². The number of alkyl halides is 5. The third kappa shape index (κ3) is 7.64. The average molecular weight is 418 g/mol. The van der Waals surface area contributed by atoms with Crippen LogP contribution in [0, 0.1) is 0 Å². The molecule has 11 heteroatoms. The largest absolute Gasteiger partial charge is 0.493 e. The summed E-state index contributed by atoms with van der Waals surface area (Å²) < 4.78 is 74.6. The van der Waals surface area contributed by atoms with Crippen LogP contribution in [-0.4, -0.2) is 37.4 Å². The molecule has 1 aromatic heterocycles. The van der Waals surface area contributed by atoms with E-state index in [1.807, 2.05) is 0 Å². The molecule has 0 fully saturated rings. The molecule has 1 aromatic carbocycles. The van der Waals surface area contributed by atoms with Crippen molar-refractivity contribution in [2.75, 3.05) is 19.0 Å². The fourth-order valence-corrected chi connectivity index (χ4v) is 2.03. The predicted molar refractivity (Wildman–Crippen MR) is 93.1 cm³/mol. The third-order valence-corrected chi connectivity index (χ3v) is 3.22. The van der Waals surface area contributed by atoms with Gasteiger partial charge in [0.2, 0.25) is 11.8 Å². The minimum absolute atomic E-state index is 0.0616. The molecule has 1 amide bonds. The van der Waals surface area contributed by atoms with E-state index in [9.17, 15) is 26.7 Å². The monoisotopic (exact) mass is 418 g/mol. The van der Waals surface area contributed by atoms with Gasteiger partial charge in [-0.05, 0) is 29.8 Å². The standard InChI is InChI=1S/C18H15F5N2O4/c1-27-14-8-11(2-5-13(14)29-17(19)20)3-6-15(26)25-12-4-7-16(24-9-12)28-10-18(21,22)23/h2-9,17H,10H2,1H3,(H,25,26)/b6-3+. The highest BCUT2D eigenvalue weighted by Crippen LogP contribution is 2.29. The van der Waals surface area contributed by atoms with Gasteiger partial charge in [-0.2, -0.15) is 22.0 Å². The Bertz CT molecular complexity index is 854. The number of rotatable bonds is 8. The van der Waals surface area contributed by atoms with E-state index < -0.39 is 25.3 Å². The highest BCUT2D eigenvalue weighted by molar-refractivity contribution is 6.01. The molecule has 29 heavy (non-hydrogen) atoms. The zero-order valence-electron chi connectivity index (χ0n) is 14.9. The number of benzene rings is 1. The number of carbonyl (C=O) groups excluding carboxylic acids is 1. The fourth-order valence-electron chi connectivity index (χ4n) is 2.03. The number of pyridine rings is 1. The van der Waals surface area contributed by atoms with Crippen LogP contribution in [0.5, 0.6) is 17.4 Å². The van der Waals surface area contributed by atoms with E-state index in [1.165, 1.54) is 43.5 Å². The van der Waals surface area contributed by atoms with Crippen LogP contribution in [0.15, 0.2) is 42.6 Å². The molecule has 0 saturated heterocycles. The molecule has 6 nitrogen and oxygen atoms in total. The second kappa shape index (κ2) is 9.71. The number of nitrogens with zero attached hydrogens (tertiary/aromatic N) is 1. The molecule has 0 unspecified atom stereocenters. The van der Waals surface area contributed by atoms with Crippen LogP contribution < -0.4 is 19.5 Å². The molecule has 2 rings (SSSR count). The number of carbonyl (C=O) groups is 1. The molecule has 0 aliphatic rings. The summed E-state index contributed by atoms with van der Waals surface area (Å²) in [5.74, 6) is -0.883. The van der Waals surface area contributed by atoms with Crippen LogP contribution >= 0.6 is 0 Å². The zero-order valence-corrected chi connectivity index (χ0v) is 14.9. The minimum Gasteiger partial charge on any atom is -0.493 e.